The molecule has 0 saturated carbocycles. The summed E-state index contributed by atoms with van der Waals surface area (Å²) in [6, 6.07) is 20.0. The second-order valence-electron chi connectivity index (χ2n) is 6.73. The Morgan fingerprint density at radius 1 is 1.10 bits per heavy atom. The lowest BCUT2D eigenvalue weighted by Crippen LogP contribution is -2.26. The summed E-state index contributed by atoms with van der Waals surface area (Å²) in [4.78, 5) is 16.8. The second kappa shape index (κ2) is 9.73. The zero-order chi connectivity index (χ0) is 20.6. The van der Waals surface area contributed by atoms with Crippen molar-refractivity contribution in [3.05, 3.63) is 78.5 Å². The van der Waals surface area contributed by atoms with Gasteiger partial charge in [0.05, 0.1) is 29.4 Å². The Morgan fingerprint density at radius 2 is 1.83 bits per heavy atom. The van der Waals surface area contributed by atoms with Crippen molar-refractivity contribution in [1.29, 1.82) is 0 Å². The van der Waals surface area contributed by atoms with Crippen LogP contribution in [0.1, 0.15) is 25.8 Å². The molecule has 1 aromatic heterocycles. The highest BCUT2D eigenvalue weighted by Gasteiger charge is 2.19. The molecule has 0 saturated heterocycles. The topological polar surface area (TPSA) is 54.5 Å². The fourth-order valence-corrected chi connectivity index (χ4v) is 3.24. The van der Waals surface area contributed by atoms with Crippen molar-refractivity contribution in [1.82, 2.24) is 9.99 Å². The van der Waals surface area contributed by atoms with E-state index in [0.717, 1.165) is 27.9 Å². The van der Waals surface area contributed by atoms with Crippen molar-refractivity contribution < 1.29 is 9.53 Å². The third kappa shape index (κ3) is 4.93. The maximum absolute atomic E-state index is 12.4. The molecule has 2 aromatic carbocycles. The normalized spacial score (nSPS) is 12.4. The number of ether oxygens (including phenoxy) is 1. The van der Waals surface area contributed by atoms with Crippen LogP contribution in [0.2, 0.25) is 0 Å². The number of pyridine rings is 1. The van der Waals surface area contributed by atoms with Gasteiger partial charge in [0.25, 0.3) is 0 Å². The van der Waals surface area contributed by atoms with Gasteiger partial charge in [-0.25, -0.2) is 0 Å². The molecule has 29 heavy (non-hydrogen) atoms. The van der Waals surface area contributed by atoms with Crippen LogP contribution in [-0.4, -0.2) is 29.6 Å². The summed E-state index contributed by atoms with van der Waals surface area (Å²) >= 11 is 0. The monoisotopic (exact) mass is 389 g/mol. The number of carbonyl (C=O) groups is 1. The first-order valence-corrected chi connectivity index (χ1v) is 9.92. The SMILES string of the molecule is CCOC(=O)C(/C=C(/c1ccccc1)N(C)Nc1ccnc2ccccc12)CC. The first-order valence-electron chi connectivity index (χ1n) is 9.92. The Kier molecular flexibility index (Phi) is 6.85. The fraction of sp³-hybridized carbons (Fsp3) is 0.250. The second-order valence-corrected chi connectivity index (χ2v) is 6.73. The van der Waals surface area contributed by atoms with Gasteiger partial charge in [0.1, 0.15) is 0 Å². The molecular formula is C24H27N3O2. The number of fused-ring (bicyclic) bond motifs is 1. The summed E-state index contributed by atoms with van der Waals surface area (Å²) in [5.41, 5.74) is 7.26. The number of hydrazine groups is 1. The largest absolute Gasteiger partial charge is 0.466 e. The van der Waals surface area contributed by atoms with E-state index < -0.39 is 0 Å². The van der Waals surface area contributed by atoms with Gasteiger partial charge >= 0.3 is 5.97 Å². The number of benzene rings is 2. The Morgan fingerprint density at radius 3 is 2.55 bits per heavy atom. The molecule has 1 atom stereocenters. The third-order valence-corrected chi connectivity index (χ3v) is 4.76. The molecule has 0 amide bonds. The Balaban J connectivity index is 1.97. The number of hydrogen-bond donors (Lipinski definition) is 1. The zero-order valence-corrected chi connectivity index (χ0v) is 17.1. The molecule has 150 valence electrons. The Bertz CT molecular complexity index is 980. The highest BCUT2D eigenvalue weighted by atomic mass is 16.5. The molecule has 0 bridgehead atoms. The minimum Gasteiger partial charge on any atom is -0.466 e. The summed E-state index contributed by atoms with van der Waals surface area (Å²) in [7, 11) is 1.95. The van der Waals surface area contributed by atoms with Gasteiger partial charge in [0.15, 0.2) is 0 Å². The number of para-hydroxylation sites is 1. The number of aromatic nitrogens is 1. The van der Waals surface area contributed by atoms with Gasteiger partial charge in [0, 0.05) is 18.6 Å². The number of rotatable bonds is 8. The van der Waals surface area contributed by atoms with Crippen molar-refractivity contribution in [2.24, 2.45) is 5.92 Å². The summed E-state index contributed by atoms with van der Waals surface area (Å²) in [6.45, 7) is 4.19. The van der Waals surface area contributed by atoms with Gasteiger partial charge in [-0.2, -0.15) is 0 Å². The highest BCUT2D eigenvalue weighted by molar-refractivity contribution is 5.91. The van der Waals surface area contributed by atoms with Gasteiger partial charge in [0.2, 0.25) is 0 Å². The molecule has 5 heteroatoms. The summed E-state index contributed by atoms with van der Waals surface area (Å²) < 4.78 is 5.26. The lowest BCUT2D eigenvalue weighted by atomic mass is 10.0. The Labute approximate surface area is 172 Å². The predicted molar refractivity (Wildman–Crippen MR) is 118 cm³/mol. The van der Waals surface area contributed by atoms with Crippen LogP contribution in [0.15, 0.2) is 72.9 Å². The first kappa shape index (κ1) is 20.4. The average Bonchev–Trinajstić information content (AvgIpc) is 2.75. The molecule has 0 aliphatic carbocycles. The minimum absolute atomic E-state index is 0.203. The predicted octanol–water partition coefficient (Wildman–Crippen LogP) is 5.12. The quantitative estimate of drug-likeness (QED) is 0.428. The van der Waals surface area contributed by atoms with E-state index >= 15 is 0 Å². The molecule has 1 N–H and O–H groups in total. The van der Waals surface area contributed by atoms with Gasteiger partial charge in [-0.05, 0) is 37.1 Å². The number of esters is 1. The maximum atomic E-state index is 12.4. The van der Waals surface area contributed by atoms with Crippen LogP contribution >= 0.6 is 0 Å². The van der Waals surface area contributed by atoms with E-state index in [-0.39, 0.29) is 11.9 Å². The van der Waals surface area contributed by atoms with Crippen LogP contribution in [0.5, 0.6) is 0 Å². The molecule has 3 rings (SSSR count). The Hall–Kier alpha value is -3.34. The molecular weight excluding hydrogens is 362 g/mol. The number of anilines is 1. The van der Waals surface area contributed by atoms with Crippen LogP contribution in [0.3, 0.4) is 0 Å². The number of nitrogens with zero attached hydrogens (tertiary/aromatic N) is 2. The maximum Gasteiger partial charge on any atom is 0.312 e. The molecule has 1 unspecified atom stereocenters. The van der Waals surface area contributed by atoms with Crippen molar-refractivity contribution in [3.8, 4) is 0 Å². The van der Waals surface area contributed by atoms with E-state index in [2.05, 4.69) is 10.4 Å². The van der Waals surface area contributed by atoms with Crippen molar-refractivity contribution in [3.63, 3.8) is 0 Å². The van der Waals surface area contributed by atoms with Crippen molar-refractivity contribution in [2.45, 2.75) is 20.3 Å². The van der Waals surface area contributed by atoms with E-state index in [1.54, 1.807) is 6.20 Å². The summed E-state index contributed by atoms with van der Waals surface area (Å²) in [5.74, 6) is -0.519. The van der Waals surface area contributed by atoms with Gasteiger partial charge in [-0.15, -0.1) is 0 Å². The molecule has 5 nitrogen and oxygen atoms in total. The zero-order valence-electron chi connectivity index (χ0n) is 17.1. The molecule has 0 radical (unpaired) electrons. The van der Waals surface area contributed by atoms with Crippen molar-refractivity contribution >= 4 is 28.3 Å². The first-order chi connectivity index (χ1) is 14.1. The van der Waals surface area contributed by atoms with Crippen molar-refractivity contribution in [2.75, 3.05) is 19.1 Å². The van der Waals surface area contributed by atoms with E-state index in [9.17, 15) is 4.79 Å². The summed E-state index contributed by atoms with van der Waals surface area (Å²) in [6.07, 6.45) is 4.43. The minimum atomic E-state index is -0.316. The molecule has 0 spiro atoms. The van der Waals surface area contributed by atoms with Gasteiger partial charge in [-0.1, -0.05) is 55.5 Å². The van der Waals surface area contributed by atoms with E-state index in [1.807, 2.05) is 92.6 Å². The van der Waals surface area contributed by atoms with Crippen LogP contribution in [0, 0.1) is 5.92 Å². The van der Waals surface area contributed by atoms with E-state index in [1.165, 1.54) is 0 Å². The van der Waals surface area contributed by atoms with Crippen LogP contribution in [-0.2, 0) is 9.53 Å². The molecule has 0 fully saturated rings. The van der Waals surface area contributed by atoms with E-state index in [4.69, 9.17) is 4.74 Å². The fourth-order valence-electron chi connectivity index (χ4n) is 3.24. The lowest BCUT2D eigenvalue weighted by Gasteiger charge is -2.26. The van der Waals surface area contributed by atoms with Gasteiger partial charge < -0.3 is 4.74 Å². The molecule has 1 heterocycles. The number of carbonyl (C=O) groups excluding carboxylic acids is 1. The van der Waals surface area contributed by atoms with E-state index in [0.29, 0.717) is 13.0 Å². The number of hydrogen-bond acceptors (Lipinski definition) is 5. The average molecular weight is 389 g/mol. The molecule has 0 aliphatic heterocycles. The standard InChI is InChI=1S/C24H27N3O2/c1-4-18(24(28)29-5-2)17-23(19-11-7-6-8-12-19)27(3)26-22-15-16-25-21-14-10-9-13-20(21)22/h6-18H,4-5H2,1-3H3,(H,25,26)/b23-17-. The lowest BCUT2D eigenvalue weighted by molar-refractivity contribution is -0.146. The molecule has 3 aromatic rings. The van der Waals surface area contributed by atoms with Crippen LogP contribution in [0.25, 0.3) is 16.6 Å². The van der Waals surface area contributed by atoms with Crippen LogP contribution < -0.4 is 5.43 Å². The highest BCUT2D eigenvalue weighted by Crippen LogP contribution is 2.26. The summed E-state index contributed by atoms with van der Waals surface area (Å²) in [5, 5.41) is 2.98. The van der Waals surface area contributed by atoms with Gasteiger partial charge in [-0.3, -0.25) is 20.2 Å². The molecule has 0 aliphatic rings. The number of nitrogens with one attached hydrogen (secondary N) is 1. The van der Waals surface area contributed by atoms with Crippen LogP contribution in [0.4, 0.5) is 5.69 Å². The third-order valence-electron chi connectivity index (χ3n) is 4.76. The smallest absolute Gasteiger partial charge is 0.312 e.